The van der Waals surface area contributed by atoms with E-state index in [1.165, 1.54) is 16.4 Å². The molecule has 1 aromatic carbocycles. The van der Waals surface area contributed by atoms with Gasteiger partial charge in [-0.25, -0.2) is 8.42 Å². The van der Waals surface area contributed by atoms with Crippen molar-refractivity contribution in [1.82, 2.24) is 4.31 Å². The molecule has 0 amide bonds. The van der Waals surface area contributed by atoms with Crippen molar-refractivity contribution >= 4 is 38.9 Å². The van der Waals surface area contributed by atoms with Gasteiger partial charge in [-0.1, -0.05) is 23.2 Å². The molecule has 0 bridgehead atoms. The van der Waals surface area contributed by atoms with E-state index in [2.05, 4.69) is 0 Å². The van der Waals surface area contributed by atoms with Crippen LogP contribution in [0, 0.1) is 5.92 Å². The summed E-state index contributed by atoms with van der Waals surface area (Å²) in [7, 11) is -3.66. The Morgan fingerprint density at radius 1 is 1.35 bits per heavy atom. The third-order valence-electron chi connectivity index (χ3n) is 3.39. The average molecular weight is 337 g/mol. The van der Waals surface area contributed by atoms with Crippen LogP contribution in [0.3, 0.4) is 0 Å². The molecular formula is C13H18Cl2N2O2S. The molecule has 0 aliphatic heterocycles. The lowest BCUT2D eigenvalue weighted by Crippen LogP contribution is -2.38. The molecule has 0 radical (unpaired) electrons. The second kappa shape index (κ2) is 5.72. The van der Waals surface area contributed by atoms with E-state index in [4.69, 9.17) is 28.9 Å². The van der Waals surface area contributed by atoms with Crippen LogP contribution in [0.4, 0.5) is 5.69 Å². The minimum absolute atomic E-state index is 0.000975. The Morgan fingerprint density at radius 3 is 2.45 bits per heavy atom. The molecule has 4 nitrogen and oxygen atoms in total. The van der Waals surface area contributed by atoms with E-state index >= 15 is 0 Å². The number of hydrogen-bond donors (Lipinski definition) is 1. The van der Waals surface area contributed by atoms with Gasteiger partial charge in [-0.15, -0.1) is 0 Å². The van der Waals surface area contributed by atoms with Crippen molar-refractivity contribution in [3.63, 3.8) is 0 Å². The van der Waals surface area contributed by atoms with Crippen LogP contribution in [0.1, 0.15) is 26.7 Å². The number of nitrogen functional groups attached to an aromatic ring is 1. The summed E-state index contributed by atoms with van der Waals surface area (Å²) in [6.45, 7) is 4.24. The SMILES string of the molecule is CC(C)N(CC1CC1)S(=O)(=O)c1ccc(Cl)c(N)c1Cl. The van der Waals surface area contributed by atoms with E-state index in [-0.39, 0.29) is 26.7 Å². The number of anilines is 1. The minimum atomic E-state index is -3.66. The fraction of sp³-hybridized carbons (Fsp3) is 0.538. The molecule has 1 aliphatic carbocycles. The van der Waals surface area contributed by atoms with Gasteiger partial charge >= 0.3 is 0 Å². The molecule has 1 aromatic rings. The van der Waals surface area contributed by atoms with Gasteiger partial charge in [0.2, 0.25) is 10.0 Å². The zero-order chi connectivity index (χ0) is 15.1. The summed E-state index contributed by atoms with van der Waals surface area (Å²) in [6, 6.07) is 2.75. The summed E-state index contributed by atoms with van der Waals surface area (Å²) in [5.74, 6) is 0.454. The molecule has 7 heteroatoms. The van der Waals surface area contributed by atoms with E-state index in [1.54, 1.807) is 0 Å². The Balaban J connectivity index is 2.44. The minimum Gasteiger partial charge on any atom is -0.396 e. The van der Waals surface area contributed by atoms with Crippen molar-refractivity contribution in [2.75, 3.05) is 12.3 Å². The third-order valence-corrected chi connectivity index (χ3v) is 6.32. The molecule has 1 aliphatic rings. The molecule has 0 unspecified atom stereocenters. The van der Waals surface area contributed by atoms with Crippen LogP contribution in [0.25, 0.3) is 0 Å². The maximum Gasteiger partial charge on any atom is 0.244 e. The predicted molar refractivity (Wildman–Crippen MR) is 82.6 cm³/mol. The molecule has 2 rings (SSSR count). The lowest BCUT2D eigenvalue weighted by atomic mass is 10.3. The standard InChI is InChI=1S/C13H18Cl2N2O2S/c1-8(2)17(7-9-3-4-9)20(18,19)11-6-5-10(14)13(16)12(11)15/h5-6,8-9H,3-4,7,16H2,1-2H3. The molecular weight excluding hydrogens is 319 g/mol. The highest BCUT2D eigenvalue weighted by Crippen LogP contribution is 2.37. The molecule has 2 N–H and O–H groups in total. The summed E-state index contributed by atoms with van der Waals surface area (Å²) in [6.07, 6.45) is 2.16. The van der Waals surface area contributed by atoms with Crippen molar-refractivity contribution in [2.45, 2.75) is 37.6 Å². The summed E-state index contributed by atoms with van der Waals surface area (Å²) in [5, 5.41) is 0.256. The highest BCUT2D eigenvalue weighted by molar-refractivity contribution is 7.89. The van der Waals surface area contributed by atoms with Crippen LogP contribution < -0.4 is 5.73 Å². The number of rotatable bonds is 5. The molecule has 0 atom stereocenters. The number of benzene rings is 1. The molecule has 20 heavy (non-hydrogen) atoms. The zero-order valence-electron chi connectivity index (χ0n) is 11.4. The first-order valence-electron chi connectivity index (χ1n) is 6.50. The number of hydrogen-bond acceptors (Lipinski definition) is 3. The Kier molecular flexibility index (Phi) is 4.54. The van der Waals surface area contributed by atoms with E-state index in [1.807, 2.05) is 13.8 Å². The largest absolute Gasteiger partial charge is 0.396 e. The van der Waals surface area contributed by atoms with Gasteiger partial charge in [0.05, 0.1) is 15.7 Å². The van der Waals surface area contributed by atoms with Gasteiger partial charge < -0.3 is 5.73 Å². The van der Waals surface area contributed by atoms with Crippen LogP contribution in [-0.2, 0) is 10.0 Å². The number of nitrogens with zero attached hydrogens (tertiary/aromatic N) is 1. The first-order valence-corrected chi connectivity index (χ1v) is 8.70. The quantitative estimate of drug-likeness (QED) is 0.838. The predicted octanol–water partition coefficient (Wildman–Crippen LogP) is 3.38. The monoisotopic (exact) mass is 336 g/mol. The van der Waals surface area contributed by atoms with E-state index in [0.29, 0.717) is 12.5 Å². The van der Waals surface area contributed by atoms with Gasteiger partial charge in [-0.3, -0.25) is 0 Å². The molecule has 0 aromatic heterocycles. The second-order valence-corrected chi connectivity index (χ2v) is 8.03. The van der Waals surface area contributed by atoms with Crippen LogP contribution in [0.5, 0.6) is 0 Å². The van der Waals surface area contributed by atoms with E-state index < -0.39 is 10.0 Å². The van der Waals surface area contributed by atoms with Crippen LogP contribution in [0.2, 0.25) is 10.0 Å². The number of nitrogens with two attached hydrogens (primary N) is 1. The number of halogens is 2. The summed E-state index contributed by atoms with van der Waals surface area (Å²) >= 11 is 11.9. The Bertz CT molecular complexity index is 613. The van der Waals surface area contributed by atoms with E-state index in [9.17, 15) is 8.42 Å². The number of sulfonamides is 1. The third kappa shape index (κ3) is 3.06. The highest BCUT2D eigenvalue weighted by atomic mass is 35.5. The van der Waals surface area contributed by atoms with Crippen molar-refractivity contribution in [2.24, 2.45) is 5.92 Å². The van der Waals surface area contributed by atoms with Crippen molar-refractivity contribution < 1.29 is 8.42 Å². The molecule has 1 fully saturated rings. The maximum absolute atomic E-state index is 12.8. The second-order valence-electron chi connectivity index (χ2n) is 5.39. The van der Waals surface area contributed by atoms with Gasteiger partial charge in [-0.2, -0.15) is 4.31 Å². The normalized spacial score (nSPS) is 16.1. The first kappa shape index (κ1) is 15.9. The summed E-state index contributed by atoms with van der Waals surface area (Å²) < 4.78 is 27.0. The van der Waals surface area contributed by atoms with Crippen molar-refractivity contribution in [1.29, 1.82) is 0 Å². The Labute approximate surface area is 129 Å². The van der Waals surface area contributed by atoms with Crippen LogP contribution >= 0.6 is 23.2 Å². The first-order chi connectivity index (χ1) is 9.25. The highest BCUT2D eigenvalue weighted by Gasteiger charge is 2.34. The van der Waals surface area contributed by atoms with Gasteiger partial charge in [0.1, 0.15) is 4.90 Å². The maximum atomic E-state index is 12.8. The Morgan fingerprint density at radius 2 is 1.95 bits per heavy atom. The van der Waals surface area contributed by atoms with Crippen molar-refractivity contribution in [3.05, 3.63) is 22.2 Å². The molecule has 0 heterocycles. The van der Waals surface area contributed by atoms with Gasteiger partial charge in [0.15, 0.2) is 0 Å². The topological polar surface area (TPSA) is 63.4 Å². The fourth-order valence-electron chi connectivity index (χ4n) is 2.02. The Hall–Kier alpha value is -0.490. The molecule has 112 valence electrons. The lowest BCUT2D eigenvalue weighted by molar-refractivity contribution is 0.342. The van der Waals surface area contributed by atoms with E-state index in [0.717, 1.165) is 12.8 Å². The zero-order valence-corrected chi connectivity index (χ0v) is 13.8. The fourth-order valence-corrected chi connectivity index (χ4v) is 4.47. The van der Waals surface area contributed by atoms with Gasteiger partial charge in [0.25, 0.3) is 0 Å². The molecule has 0 spiro atoms. The molecule has 0 saturated heterocycles. The summed E-state index contributed by atoms with van der Waals surface area (Å²) in [4.78, 5) is 0.0235. The van der Waals surface area contributed by atoms with Crippen LogP contribution in [0.15, 0.2) is 17.0 Å². The van der Waals surface area contributed by atoms with Gasteiger partial charge in [0, 0.05) is 12.6 Å². The van der Waals surface area contributed by atoms with Crippen LogP contribution in [-0.4, -0.2) is 25.3 Å². The molecule has 1 saturated carbocycles. The lowest BCUT2D eigenvalue weighted by Gasteiger charge is -2.26. The van der Waals surface area contributed by atoms with Crippen molar-refractivity contribution in [3.8, 4) is 0 Å². The average Bonchev–Trinajstić information content (AvgIpc) is 3.16. The van der Waals surface area contributed by atoms with Gasteiger partial charge in [-0.05, 0) is 44.7 Å². The summed E-state index contributed by atoms with van der Waals surface area (Å²) in [5.41, 5.74) is 5.82. The smallest absolute Gasteiger partial charge is 0.244 e.